The van der Waals surface area contributed by atoms with Crippen molar-refractivity contribution in [2.45, 2.75) is 59.4 Å². The molecule has 1 aliphatic rings. The van der Waals surface area contributed by atoms with Gasteiger partial charge in [0.1, 0.15) is 47.7 Å². The summed E-state index contributed by atoms with van der Waals surface area (Å²) in [6.07, 6.45) is 3.76. The molecule has 0 unspecified atom stereocenters. The lowest BCUT2D eigenvalue weighted by atomic mass is 9.92. The van der Waals surface area contributed by atoms with Gasteiger partial charge in [0.15, 0.2) is 0 Å². The molecule has 4 aromatic carbocycles. The van der Waals surface area contributed by atoms with Gasteiger partial charge in [-0.05, 0) is 73.2 Å². The van der Waals surface area contributed by atoms with Crippen LogP contribution in [0.4, 0.5) is 0 Å². The standard InChI is InChI=1S/C41H52N2O7/c1-28-30(26-49-32-20-38(45-3)36(24-42-16-19-44)39(21-32)46-4)12-10-14-34(28)35-15-11-13-31(29(35)2)27-50-33-22-40(47-5)37(41(23-33)48-6)25-43-17-8-7-9-18-43/h10-15,20-23,42,44H,7-9,16-19,24-27H2,1-6H3. The Kier molecular flexibility index (Phi) is 13.3. The minimum Gasteiger partial charge on any atom is -0.496 e. The highest BCUT2D eigenvalue weighted by Crippen LogP contribution is 2.38. The third-order valence-electron chi connectivity index (χ3n) is 9.55. The van der Waals surface area contributed by atoms with Crippen molar-refractivity contribution < 1.29 is 33.5 Å². The quantitative estimate of drug-likeness (QED) is 0.112. The topological polar surface area (TPSA) is 90.9 Å². The van der Waals surface area contributed by atoms with Crippen molar-refractivity contribution in [1.82, 2.24) is 10.2 Å². The molecule has 0 atom stereocenters. The van der Waals surface area contributed by atoms with Crippen molar-refractivity contribution in [1.29, 1.82) is 0 Å². The van der Waals surface area contributed by atoms with Gasteiger partial charge in [-0.2, -0.15) is 0 Å². The second-order valence-corrected chi connectivity index (χ2v) is 12.6. The van der Waals surface area contributed by atoms with Crippen LogP contribution in [0.25, 0.3) is 11.1 Å². The average molecular weight is 685 g/mol. The zero-order chi connectivity index (χ0) is 35.5. The predicted octanol–water partition coefficient (Wildman–Crippen LogP) is 7.23. The van der Waals surface area contributed by atoms with E-state index in [2.05, 4.69) is 60.5 Å². The third kappa shape index (κ3) is 8.82. The van der Waals surface area contributed by atoms with E-state index in [9.17, 15) is 0 Å². The summed E-state index contributed by atoms with van der Waals surface area (Å²) in [5.41, 5.74) is 8.73. The maximum atomic E-state index is 9.15. The van der Waals surface area contributed by atoms with E-state index in [0.29, 0.717) is 49.3 Å². The largest absolute Gasteiger partial charge is 0.496 e. The predicted molar refractivity (Wildman–Crippen MR) is 197 cm³/mol. The molecule has 0 amide bonds. The van der Waals surface area contributed by atoms with Crippen LogP contribution >= 0.6 is 0 Å². The van der Waals surface area contributed by atoms with Crippen LogP contribution in [0.5, 0.6) is 34.5 Å². The van der Waals surface area contributed by atoms with Crippen molar-refractivity contribution >= 4 is 0 Å². The molecule has 4 aromatic rings. The van der Waals surface area contributed by atoms with Crippen LogP contribution < -0.4 is 33.7 Å². The summed E-state index contributed by atoms with van der Waals surface area (Å²) >= 11 is 0. The average Bonchev–Trinajstić information content (AvgIpc) is 3.15. The number of ether oxygens (including phenoxy) is 6. The molecule has 2 N–H and O–H groups in total. The van der Waals surface area contributed by atoms with E-state index >= 15 is 0 Å². The minimum absolute atomic E-state index is 0.0562. The van der Waals surface area contributed by atoms with Gasteiger partial charge in [0, 0.05) is 43.9 Å². The summed E-state index contributed by atoms with van der Waals surface area (Å²) in [6.45, 7) is 9.11. The first-order valence-corrected chi connectivity index (χ1v) is 17.4. The maximum Gasteiger partial charge on any atom is 0.130 e. The second-order valence-electron chi connectivity index (χ2n) is 12.6. The van der Waals surface area contributed by atoms with Crippen LogP contribution in [-0.4, -0.2) is 64.7 Å². The Morgan fingerprint density at radius 2 is 1.10 bits per heavy atom. The van der Waals surface area contributed by atoms with E-state index in [4.69, 9.17) is 33.5 Å². The fraction of sp³-hybridized carbons (Fsp3) is 0.415. The number of rotatable bonds is 17. The molecule has 50 heavy (non-hydrogen) atoms. The maximum absolute atomic E-state index is 9.15. The SMILES string of the molecule is COc1cc(OCc2cccc(-c3cccc(COc4cc(OC)c(CN5CCCCC5)c(OC)c4)c3C)c2C)cc(OC)c1CNCCO. The first-order valence-electron chi connectivity index (χ1n) is 17.4. The Morgan fingerprint density at radius 3 is 1.54 bits per heavy atom. The van der Waals surface area contributed by atoms with Crippen molar-refractivity contribution in [3.05, 3.63) is 94.0 Å². The van der Waals surface area contributed by atoms with Crippen LogP contribution in [0.3, 0.4) is 0 Å². The molecule has 5 rings (SSSR count). The first kappa shape index (κ1) is 36.8. The van der Waals surface area contributed by atoms with Crippen molar-refractivity contribution in [2.75, 3.05) is 54.7 Å². The summed E-state index contributed by atoms with van der Waals surface area (Å²) in [5.74, 6) is 4.26. The Balaban J connectivity index is 1.31. The summed E-state index contributed by atoms with van der Waals surface area (Å²) in [5, 5.41) is 12.3. The lowest BCUT2D eigenvalue weighted by Gasteiger charge is -2.28. The van der Waals surface area contributed by atoms with E-state index in [1.807, 2.05) is 24.3 Å². The molecule has 9 heteroatoms. The molecule has 268 valence electrons. The molecule has 0 saturated carbocycles. The number of piperidine rings is 1. The molecule has 1 aliphatic heterocycles. The lowest BCUT2D eigenvalue weighted by molar-refractivity contribution is 0.214. The van der Waals surface area contributed by atoms with Gasteiger partial charge in [0.05, 0.1) is 46.2 Å². The molecule has 1 heterocycles. The summed E-state index contributed by atoms with van der Waals surface area (Å²) < 4.78 is 35.6. The smallest absolute Gasteiger partial charge is 0.130 e. The number of nitrogens with one attached hydrogen (secondary N) is 1. The van der Waals surface area contributed by atoms with E-state index < -0.39 is 0 Å². The second kappa shape index (κ2) is 18.0. The van der Waals surface area contributed by atoms with Crippen LogP contribution in [0, 0.1) is 13.8 Å². The summed E-state index contributed by atoms with van der Waals surface area (Å²) in [7, 11) is 6.67. The van der Waals surface area contributed by atoms with E-state index in [1.54, 1.807) is 28.4 Å². The van der Waals surface area contributed by atoms with Crippen LogP contribution in [-0.2, 0) is 26.3 Å². The first-order chi connectivity index (χ1) is 24.4. The van der Waals surface area contributed by atoms with Gasteiger partial charge in [-0.1, -0.05) is 42.8 Å². The number of likely N-dealkylation sites (tertiary alicyclic amines) is 1. The molecule has 0 radical (unpaired) electrons. The van der Waals surface area contributed by atoms with Gasteiger partial charge in [0.2, 0.25) is 0 Å². The molecule has 0 aromatic heterocycles. The number of hydrogen-bond acceptors (Lipinski definition) is 9. The van der Waals surface area contributed by atoms with Gasteiger partial charge in [-0.25, -0.2) is 0 Å². The van der Waals surface area contributed by atoms with Gasteiger partial charge in [-0.3, -0.25) is 4.90 Å². The Morgan fingerprint density at radius 1 is 0.640 bits per heavy atom. The molecular formula is C41H52N2O7. The monoisotopic (exact) mass is 684 g/mol. The van der Waals surface area contributed by atoms with Gasteiger partial charge in [-0.15, -0.1) is 0 Å². The molecule has 0 bridgehead atoms. The lowest BCUT2D eigenvalue weighted by Crippen LogP contribution is -2.29. The molecule has 1 saturated heterocycles. The Labute approximate surface area is 297 Å². The van der Waals surface area contributed by atoms with Crippen molar-refractivity contribution in [3.8, 4) is 45.6 Å². The highest BCUT2D eigenvalue weighted by Gasteiger charge is 2.20. The fourth-order valence-electron chi connectivity index (χ4n) is 6.64. The normalized spacial score (nSPS) is 13.2. The Hall–Kier alpha value is -4.44. The number of methoxy groups -OCH3 is 4. The summed E-state index contributed by atoms with van der Waals surface area (Å²) in [4.78, 5) is 2.47. The van der Waals surface area contributed by atoms with E-state index in [1.165, 1.54) is 19.3 Å². The highest BCUT2D eigenvalue weighted by molar-refractivity contribution is 5.72. The van der Waals surface area contributed by atoms with Gasteiger partial charge < -0.3 is 38.8 Å². The number of hydrogen-bond donors (Lipinski definition) is 2. The molecule has 1 fully saturated rings. The molecule has 9 nitrogen and oxygen atoms in total. The highest BCUT2D eigenvalue weighted by atomic mass is 16.5. The van der Waals surface area contributed by atoms with E-state index in [0.717, 1.165) is 75.6 Å². The number of nitrogens with zero attached hydrogens (tertiary/aromatic N) is 1. The zero-order valence-corrected chi connectivity index (χ0v) is 30.4. The molecule has 0 spiro atoms. The minimum atomic E-state index is 0.0562. The van der Waals surface area contributed by atoms with Gasteiger partial charge in [0.25, 0.3) is 0 Å². The zero-order valence-electron chi connectivity index (χ0n) is 30.4. The van der Waals surface area contributed by atoms with Crippen molar-refractivity contribution in [2.24, 2.45) is 0 Å². The summed E-state index contributed by atoms with van der Waals surface area (Å²) in [6, 6.07) is 20.4. The molecule has 0 aliphatic carbocycles. The van der Waals surface area contributed by atoms with Crippen LogP contribution in [0.1, 0.15) is 52.6 Å². The van der Waals surface area contributed by atoms with E-state index in [-0.39, 0.29) is 6.61 Å². The van der Waals surface area contributed by atoms with Crippen LogP contribution in [0.2, 0.25) is 0 Å². The fourth-order valence-corrected chi connectivity index (χ4v) is 6.64. The molecular weight excluding hydrogens is 632 g/mol. The number of aliphatic hydroxyl groups excluding tert-OH is 1. The van der Waals surface area contributed by atoms with Crippen molar-refractivity contribution in [3.63, 3.8) is 0 Å². The number of aliphatic hydroxyl groups is 1. The third-order valence-corrected chi connectivity index (χ3v) is 9.55. The number of benzene rings is 4. The van der Waals surface area contributed by atoms with Gasteiger partial charge >= 0.3 is 0 Å². The Bertz CT molecular complexity index is 1670. The van der Waals surface area contributed by atoms with Crippen LogP contribution in [0.15, 0.2) is 60.7 Å².